The third-order valence-electron chi connectivity index (χ3n) is 6.53. The van der Waals surface area contributed by atoms with Gasteiger partial charge in [0.05, 0.1) is 5.92 Å². The first-order chi connectivity index (χ1) is 13.6. The number of aliphatic carboxylic acids is 1. The highest BCUT2D eigenvalue weighted by Gasteiger charge is 2.46. The zero-order valence-corrected chi connectivity index (χ0v) is 17.5. The van der Waals surface area contributed by atoms with Gasteiger partial charge in [-0.1, -0.05) is 52.5 Å². The molecule has 2 heterocycles. The fraction of sp³-hybridized carbons (Fsp3) is 0.696. The third-order valence-corrected chi connectivity index (χ3v) is 6.53. The Morgan fingerprint density at radius 1 is 1.14 bits per heavy atom. The number of carboxylic acid groups (broad SMARTS) is 1. The molecular weight excluding hydrogens is 354 g/mol. The van der Waals surface area contributed by atoms with E-state index in [0.717, 1.165) is 43.0 Å². The number of fused-ring (bicyclic) bond motifs is 1. The molecule has 1 aromatic rings. The number of likely N-dealkylation sites (tertiary alicyclic amines) is 1. The maximum Gasteiger partial charge on any atom is 0.308 e. The summed E-state index contributed by atoms with van der Waals surface area (Å²) in [5.41, 5.74) is 1.05. The summed E-state index contributed by atoms with van der Waals surface area (Å²) in [6.45, 7) is 8.56. The van der Waals surface area contributed by atoms with Crippen molar-refractivity contribution in [3.8, 4) is 11.5 Å². The fourth-order valence-electron chi connectivity index (χ4n) is 5.17. The molecule has 28 heavy (non-hydrogen) atoms. The highest BCUT2D eigenvalue weighted by molar-refractivity contribution is 5.73. The number of carboxylic acids is 1. The van der Waals surface area contributed by atoms with Crippen LogP contribution in [0.15, 0.2) is 18.2 Å². The largest absolute Gasteiger partial charge is 0.481 e. The van der Waals surface area contributed by atoms with Gasteiger partial charge in [-0.3, -0.25) is 9.69 Å². The van der Waals surface area contributed by atoms with Gasteiger partial charge < -0.3 is 14.6 Å². The molecule has 156 valence electrons. The van der Waals surface area contributed by atoms with Crippen molar-refractivity contribution < 1.29 is 19.4 Å². The van der Waals surface area contributed by atoms with Crippen molar-refractivity contribution in [2.45, 2.75) is 71.3 Å². The number of hydrogen-bond acceptors (Lipinski definition) is 4. The number of nitrogens with zero attached hydrogens (tertiary/aromatic N) is 1. The molecule has 1 N–H and O–H groups in total. The second-order valence-corrected chi connectivity index (χ2v) is 8.26. The van der Waals surface area contributed by atoms with Crippen molar-refractivity contribution in [3.63, 3.8) is 0 Å². The van der Waals surface area contributed by atoms with Crippen LogP contribution in [0.4, 0.5) is 0 Å². The molecule has 3 rings (SSSR count). The van der Waals surface area contributed by atoms with Gasteiger partial charge >= 0.3 is 5.97 Å². The molecule has 0 bridgehead atoms. The maximum atomic E-state index is 12.3. The van der Waals surface area contributed by atoms with E-state index in [1.54, 1.807) is 0 Å². The molecule has 5 heteroatoms. The maximum absolute atomic E-state index is 12.3. The Labute approximate surface area is 169 Å². The monoisotopic (exact) mass is 389 g/mol. The molecule has 0 amide bonds. The number of hydrogen-bond donors (Lipinski definition) is 1. The number of carbonyl (C=O) groups is 1. The Kier molecular flexibility index (Phi) is 7.22. The van der Waals surface area contributed by atoms with Gasteiger partial charge in [0, 0.05) is 18.5 Å². The average Bonchev–Trinajstić information content (AvgIpc) is 3.29. The average molecular weight is 390 g/mol. The molecular formula is C23H35NO4. The van der Waals surface area contributed by atoms with E-state index >= 15 is 0 Å². The Balaban J connectivity index is 1.78. The van der Waals surface area contributed by atoms with E-state index in [-0.39, 0.29) is 24.7 Å². The molecule has 1 saturated heterocycles. The highest BCUT2D eigenvalue weighted by atomic mass is 16.7. The lowest BCUT2D eigenvalue weighted by atomic mass is 9.82. The minimum absolute atomic E-state index is 0.00671. The zero-order chi connectivity index (χ0) is 20.1. The van der Waals surface area contributed by atoms with Crippen molar-refractivity contribution in [2.24, 2.45) is 11.8 Å². The van der Waals surface area contributed by atoms with Crippen LogP contribution >= 0.6 is 0 Å². The molecule has 0 spiro atoms. The Morgan fingerprint density at radius 3 is 2.50 bits per heavy atom. The summed E-state index contributed by atoms with van der Waals surface area (Å²) in [5.74, 6) is 1.15. The van der Waals surface area contributed by atoms with Crippen LogP contribution < -0.4 is 9.47 Å². The second kappa shape index (κ2) is 9.64. The first kappa shape index (κ1) is 21.0. The van der Waals surface area contributed by atoms with Gasteiger partial charge in [0.15, 0.2) is 11.5 Å². The molecule has 2 aliphatic heterocycles. The Bertz CT molecular complexity index is 656. The molecule has 3 atom stereocenters. The van der Waals surface area contributed by atoms with Crippen LogP contribution in [0.5, 0.6) is 11.5 Å². The van der Waals surface area contributed by atoms with Gasteiger partial charge in [-0.25, -0.2) is 0 Å². The third kappa shape index (κ3) is 4.45. The lowest BCUT2D eigenvalue weighted by Gasteiger charge is -2.27. The zero-order valence-electron chi connectivity index (χ0n) is 17.5. The topological polar surface area (TPSA) is 59.0 Å². The molecule has 2 aliphatic rings. The van der Waals surface area contributed by atoms with Crippen LogP contribution in [0.25, 0.3) is 0 Å². The van der Waals surface area contributed by atoms with E-state index in [1.807, 2.05) is 18.2 Å². The molecule has 1 fully saturated rings. The van der Waals surface area contributed by atoms with Crippen molar-refractivity contribution in [2.75, 3.05) is 19.9 Å². The molecule has 3 unspecified atom stereocenters. The normalized spacial score (nSPS) is 24.2. The van der Waals surface area contributed by atoms with E-state index in [2.05, 4.69) is 25.7 Å². The predicted octanol–water partition coefficient (Wildman–Crippen LogP) is 4.90. The van der Waals surface area contributed by atoms with E-state index in [0.29, 0.717) is 5.92 Å². The van der Waals surface area contributed by atoms with E-state index in [9.17, 15) is 9.90 Å². The standard InChI is InChI=1S/C23H35NO4/c1-4-7-16(8-5-2)9-11-19-22(23(25)26)18(14-24(19)6-3)17-10-12-20-21(13-17)28-15-27-20/h10,12-13,16,18-19,22H,4-9,11,14-15H2,1-3H3,(H,25,26). The summed E-state index contributed by atoms with van der Waals surface area (Å²) in [7, 11) is 0. The molecule has 0 aliphatic carbocycles. The second-order valence-electron chi connectivity index (χ2n) is 8.26. The van der Waals surface area contributed by atoms with E-state index in [1.165, 1.54) is 25.7 Å². The summed E-state index contributed by atoms with van der Waals surface area (Å²) in [6, 6.07) is 6.02. The van der Waals surface area contributed by atoms with Crippen molar-refractivity contribution in [1.29, 1.82) is 0 Å². The van der Waals surface area contributed by atoms with Crippen molar-refractivity contribution in [3.05, 3.63) is 23.8 Å². The Hall–Kier alpha value is -1.75. The van der Waals surface area contributed by atoms with Crippen molar-refractivity contribution in [1.82, 2.24) is 4.90 Å². The van der Waals surface area contributed by atoms with Gasteiger partial charge in [0.25, 0.3) is 0 Å². The van der Waals surface area contributed by atoms with Crippen LogP contribution in [-0.4, -0.2) is 41.9 Å². The SMILES string of the molecule is CCCC(CCC)CCC1C(C(=O)O)C(c2ccc3c(c2)OCO3)CN1CC. The number of rotatable bonds is 10. The predicted molar refractivity (Wildman–Crippen MR) is 110 cm³/mol. The first-order valence-corrected chi connectivity index (χ1v) is 10.9. The summed E-state index contributed by atoms with van der Waals surface area (Å²) in [5, 5.41) is 10.1. The molecule has 5 nitrogen and oxygen atoms in total. The molecule has 0 radical (unpaired) electrons. The minimum atomic E-state index is -0.675. The number of benzene rings is 1. The van der Waals surface area contributed by atoms with Crippen LogP contribution in [0.3, 0.4) is 0 Å². The summed E-state index contributed by atoms with van der Waals surface area (Å²) in [6.07, 6.45) is 6.99. The quantitative estimate of drug-likeness (QED) is 0.617. The molecule has 0 aromatic heterocycles. The van der Waals surface area contributed by atoms with Crippen molar-refractivity contribution >= 4 is 5.97 Å². The van der Waals surface area contributed by atoms with E-state index in [4.69, 9.17) is 9.47 Å². The summed E-state index contributed by atoms with van der Waals surface area (Å²) in [4.78, 5) is 14.7. The lowest BCUT2D eigenvalue weighted by molar-refractivity contribution is -0.143. The number of ether oxygens (including phenoxy) is 2. The van der Waals surface area contributed by atoms with Gasteiger partial charge in [-0.2, -0.15) is 0 Å². The van der Waals surface area contributed by atoms with Gasteiger partial charge in [0.2, 0.25) is 6.79 Å². The van der Waals surface area contributed by atoms with Crippen LogP contribution in [0.2, 0.25) is 0 Å². The van der Waals surface area contributed by atoms with Crippen LogP contribution in [-0.2, 0) is 4.79 Å². The summed E-state index contributed by atoms with van der Waals surface area (Å²) < 4.78 is 10.9. The smallest absolute Gasteiger partial charge is 0.308 e. The Morgan fingerprint density at radius 2 is 1.86 bits per heavy atom. The van der Waals surface area contributed by atoms with Crippen LogP contribution in [0.1, 0.15) is 70.8 Å². The lowest BCUT2D eigenvalue weighted by Crippen LogP contribution is -2.36. The highest BCUT2D eigenvalue weighted by Crippen LogP contribution is 2.43. The molecule has 0 saturated carbocycles. The summed E-state index contributed by atoms with van der Waals surface area (Å²) >= 11 is 0. The number of likely N-dealkylation sites (N-methyl/N-ethyl adjacent to an activating group) is 1. The van der Waals surface area contributed by atoms with Gasteiger partial charge in [-0.05, 0) is 43.0 Å². The fourth-order valence-corrected chi connectivity index (χ4v) is 5.17. The first-order valence-electron chi connectivity index (χ1n) is 10.9. The van der Waals surface area contributed by atoms with E-state index < -0.39 is 5.97 Å². The molecule has 1 aromatic carbocycles. The van der Waals surface area contributed by atoms with Gasteiger partial charge in [0.1, 0.15) is 0 Å². The minimum Gasteiger partial charge on any atom is -0.481 e. The van der Waals surface area contributed by atoms with Crippen LogP contribution in [0, 0.1) is 11.8 Å². The van der Waals surface area contributed by atoms with Gasteiger partial charge in [-0.15, -0.1) is 0 Å².